The highest BCUT2D eigenvalue weighted by Gasteiger charge is 2.64. The summed E-state index contributed by atoms with van der Waals surface area (Å²) in [4.78, 5) is 42.7. The molecular weight excluding hydrogens is 533 g/mol. The number of hydrogen-bond donors (Lipinski definition) is 5. The van der Waals surface area contributed by atoms with Crippen molar-refractivity contribution in [2.24, 2.45) is 17.6 Å². The number of amides is 1. The summed E-state index contributed by atoms with van der Waals surface area (Å²) >= 11 is 0. The molecule has 0 unspecified atom stereocenters. The van der Waals surface area contributed by atoms with E-state index in [2.05, 4.69) is 0 Å². The molecule has 6 rings (SSSR count). The Morgan fingerprint density at radius 3 is 2.56 bits per heavy atom. The smallest absolute Gasteiger partial charge is 0.255 e. The van der Waals surface area contributed by atoms with E-state index in [0.717, 1.165) is 10.9 Å². The summed E-state index contributed by atoms with van der Waals surface area (Å²) in [5.41, 5.74) is 3.16. The van der Waals surface area contributed by atoms with E-state index in [0.29, 0.717) is 37.0 Å². The number of likely N-dealkylation sites (N-methyl/N-ethyl adjacent to an activating group) is 1. The third-order valence-corrected chi connectivity index (χ3v) is 9.21. The van der Waals surface area contributed by atoms with Gasteiger partial charge < -0.3 is 26.2 Å². The second-order valence-corrected chi connectivity index (χ2v) is 11.9. The number of aromatic hydroxyl groups is 1. The van der Waals surface area contributed by atoms with E-state index in [4.69, 9.17) is 5.73 Å². The number of aliphatic hydroxyl groups excluding tert-OH is 2. The van der Waals surface area contributed by atoms with Gasteiger partial charge in [0.25, 0.3) is 5.91 Å². The zero-order chi connectivity index (χ0) is 29.5. The molecule has 41 heavy (non-hydrogen) atoms. The van der Waals surface area contributed by atoms with E-state index in [1.54, 1.807) is 20.2 Å². The van der Waals surface area contributed by atoms with Gasteiger partial charge >= 0.3 is 0 Å². The summed E-state index contributed by atoms with van der Waals surface area (Å²) < 4.78 is 13.7. The lowest BCUT2D eigenvalue weighted by molar-refractivity contribution is -0.153. The first-order valence-corrected chi connectivity index (χ1v) is 13.6. The first-order chi connectivity index (χ1) is 19.3. The third kappa shape index (κ3) is 3.90. The first-order valence-electron chi connectivity index (χ1n) is 13.6. The number of carbonyl (C=O) groups is 3. The van der Waals surface area contributed by atoms with E-state index in [1.165, 1.54) is 4.90 Å². The minimum Gasteiger partial charge on any atom is -0.508 e. The molecule has 2 fully saturated rings. The van der Waals surface area contributed by atoms with Crippen LogP contribution in [-0.2, 0) is 27.3 Å². The molecule has 0 bridgehead atoms. The lowest BCUT2D eigenvalue weighted by Gasteiger charge is -2.50. The number of nitrogens with zero attached hydrogens (tertiary/aromatic N) is 2. The predicted molar refractivity (Wildman–Crippen MR) is 147 cm³/mol. The highest BCUT2D eigenvalue weighted by Crippen LogP contribution is 2.53. The zero-order valence-corrected chi connectivity index (χ0v) is 22.7. The fourth-order valence-corrected chi connectivity index (χ4v) is 7.34. The van der Waals surface area contributed by atoms with Crippen molar-refractivity contribution < 1.29 is 39.2 Å². The molecule has 11 heteroatoms. The molecule has 0 radical (unpaired) electrons. The molecule has 216 valence electrons. The van der Waals surface area contributed by atoms with Gasteiger partial charge in [-0.15, -0.1) is 0 Å². The molecule has 0 aromatic heterocycles. The summed E-state index contributed by atoms with van der Waals surface area (Å²) in [5, 5.41) is 46.7. The predicted octanol–water partition coefficient (Wildman–Crippen LogP) is 1.66. The maximum absolute atomic E-state index is 14.0. The van der Waals surface area contributed by atoms with Crippen molar-refractivity contribution in [1.82, 2.24) is 9.80 Å². The molecular formula is C30H32FN3O7. The molecule has 2 aromatic carbocycles. The van der Waals surface area contributed by atoms with Gasteiger partial charge in [-0.2, -0.15) is 0 Å². The molecule has 1 heterocycles. The molecule has 10 nitrogen and oxygen atoms in total. The van der Waals surface area contributed by atoms with Gasteiger partial charge in [0.1, 0.15) is 29.0 Å². The van der Waals surface area contributed by atoms with Crippen LogP contribution in [0.1, 0.15) is 29.5 Å². The number of rotatable bonds is 4. The number of phenolic OH excluding ortho intramolecular Hbond substituents is 1. The highest BCUT2D eigenvalue weighted by atomic mass is 19.1. The van der Waals surface area contributed by atoms with Crippen molar-refractivity contribution >= 4 is 34.0 Å². The Balaban J connectivity index is 1.47. The SMILES string of the molecule is CN(C)[C@@H]1C(=O)C(C(N)=O)=C(O)[C@@]2(O)C(=O)C3=C(O)c4c(cc5ccc(CN6CC[C@H](F)C6)cc5c4O)C[C@H]3C[C@@H]12. The fraction of sp³-hybridized carbons (Fsp3) is 0.433. The second kappa shape index (κ2) is 9.37. The van der Waals surface area contributed by atoms with Crippen LogP contribution in [0, 0.1) is 11.8 Å². The largest absolute Gasteiger partial charge is 0.508 e. The minimum absolute atomic E-state index is 0.0366. The Kier molecular flexibility index (Phi) is 6.25. The number of alkyl halides is 1. The summed E-state index contributed by atoms with van der Waals surface area (Å²) in [5.74, 6) is -6.72. The van der Waals surface area contributed by atoms with Crippen LogP contribution in [0.5, 0.6) is 5.75 Å². The average molecular weight is 566 g/mol. The van der Waals surface area contributed by atoms with Gasteiger partial charge in [0.2, 0.25) is 5.78 Å². The summed E-state index contributed by atoms with van der Waals surface area (Å²) in [6.45, 7) is 1.47. The molecule has 5 atom stereocenters. The lowest BCUT2D eigenvalue weighted by atomic mass is 9.57. The summed E-state index contributed by atoms with van der Waals surface area (Å²) in [6, 6.07) is 6.24. The van der Waals surface area contributed by atoms with Crippen molar-refractivity contribution in [3.63, 3.8) is 0 Å². The molecule has 0 spiro atoms. The van der Waals surface area contributed by atoms with Gasteiger partial charge in [0, 0.05) is 36.5 Å². The number of Topliss-reactive ketones (excluding diaryl/α,β-unsaturated/α-hetero) is 2. The molecule has 1 amide bonds. The van der Waals surface area contributed by atoms with E-state index >= 15 is 0 Å². The van der Waals surface area contributed by atoms with Crippen molar-refractivity contribution in [1.29, 1.82) is 0 Å². The van der Waals surface area contributed by atoms with Crippen LogP contribution >= 0.6 is 0 Å². The van der Waals surface area contributed by atoms with Crippen LogP contribution < -0.4 is 5.73 Å². The third-order valence-electron chi connectivity index (χ3n) is 9.21. The van der Waals surface area contributed by atoms with Crippen LogP contribution in [0.15, 0.2) is 41.2 Å². The van der Waals surface area contributed by atoms with Crippen LogP contribution in [-0.4, -0.2) is 92.7 Å². The topological polar surface area (TPSA) is 165 Å². The van der Waals surface area contributed by atoms with Gasteiger partial charge in [-0.05, 0) is 61.9 Å². The molecule has 3 aliphatic carbocycles. The second-order valence-electron chi connectivity index (χ2n) is 11.9. The van der Waals surface area contributed by atoms with Crippen molar-refractivity contribution in [3.05, 3.63) is 57.9 Å². The number of halogens is 1. The molecule has 2 aromatic rings. The van der Waals surface area contributed by atoms with Crippen LogP contribution in [0.4, 0.5) is 4.39 Å². The molecule has 1 saturated carbocycles. The maximum atomic E-state index is 14.0. The number of benzene rings is 2. The van der Waals surface area contributed by atoms with E-state index in [9.17, 15) is 39.2 Å². The number of hydrogen-bond acceptors (Lipinski definition) is 9. The standard InChI is InChI=1S/C30H32FN3O7/c1-33(2)23-19-10-16-9-15-8-14-4-3-13(11-34-6-5-17(31)12-34)7-18(14)24(35)20(15)25(36)21(16)27(38)30(19,41)28(39)22(26(23)37)29(32)40/h3-4,7-8,16-17,19,23,35-36,39,41H,5-6,9-12H2,1-2H3,(H2,32,40)/t16-,17-,19-,23-,30-/m0/s1. The van der Waals surface area contributed by atoms with Gasteiger partial charge in [-0.1, -0.05) is 18.2 Å². The number of likely N-dealkylation sites (tertiary alicyclic amines) is 1. The van der Waals surface area contributed by atoms with E-state index < -0.39 is 64.2 Å². The Hall–Kier alpha value is -3.80. The molecule has 6 N–H and O–H groups in total. The van der Waals surface area contributed by atoms with Crippen LogP contribution in [0.2, 0.25) is 0 Å². The quantitative estimate of drug-likeness (QED) is 0.347. The van der Waals surface area contributed by atoms with Gasteiger partial charge in [-0.25, -0.2) is 4.39 Å². The number of nitrogens with two attached hydrogens (primary N) is 1. The highest BCUT2D eigenvalue weighted by molar-refractivity contribution is 6.24. The maximum Gasteiger partial charge on any atom is 0.255 e. The fourth-order valence-electron chi connectivity index (χ4n) is 7.34. The zero-order valence-electron chi connectivity index (χ0n) is 22.7. The van der Waals surface area contributed by atoms with Crippen LogP contribution in [0.25, 0.3) is 16.5 Å². The Bertz CT molecular complexity index is 1600. The summed E-state index contributed by atoms with van der Waals surface area (Å²) in [7, 11) is 3.12. The Morgan fingerprint density at radius 1 is 1.20 bits per heavy atom. The average Bonchev–Trinajstić information content (AvgIpc) is 3.30. The lowest BCUT2D eigenvalue weighted by Crippen LogP contribution is -2.65. The molecule has 4 aliphatic rings. The number of fused-ring (bicyclic) bond motifs is 4. The molecule has 1 saturated heterocycles. The van der Waals surface area contributed by atoms with E-state index in [-0.39, 0.29) is 29.7 Å². The number of ketones is 2. The van der Waals surface area contributed by atoms with Crippen LogP contribution in [0.3, 0.4) is 0 Å². The van der Waals surface area contributed by atoms with Gasteiger partial charge in [0.05, 0.1) is 11.6 Å². The summed E-state index contributed by atoms with van der Waals surface area (Å²) in [6.07, 6.45) is -0.121. The van der Waals surface area contributed by atoms with Crippen molar-refractivity contribution in [2.45, 2.75) is 43.6 Å². The Labute approximate surface area is 235 Å². The number of carbonyl (C=O) groups excluding carboxylic acids is 3. The van der Waals surface area contributed by atoms with E-state index in [1.807, 2.05) is 23.1 Å². The van der Waals surface area contributed by atoms with Gasteiger partial charge in [-0.3, -0.25) is 24.2 Å². The van der Waals surface area contributed by atoms with Crippen molar-refractivity contribution in [3.8, 4) is 5.75 Å². The number of primary amides is 1. The number of aliphatic hydroxyl groups is 3. The monoisotopic (exact) mass is 565 g/mol. The minimum atomic E-state index is -2.67. The Morgan fingerprint density at radius 2 is 1.93 bits per heavy atom. The molecule has 1 aliphatic heterocycles. The normalized spacial score (nSPS) is 30.2. The van der Waals surface area contributed by atoms with Gasteiger partial charge in [0.15, 0.2) is 11.4 Å². The number of phenols is 1. The first kappa shape index (κ1) is 27.4. The van der Waals surface area contributed by atoms with Crippen molar-refractivity contribution in [2.75, 3.05) is 27.2 Å².